The van der Waals surface area contributed by atoms with Gasteiger partial charge in [-0.1, -0.05) is 37.3 Å². The average molecular weight is 274 g/mol. The first-order valence-corrected chi connectivity index (χ1v) is 6.14. The summed E-state index contributed by atoms with van der Waals surface area (Å²) < 4.78 is 39.9. The Kier molecular flexibility index (Phi) is 6.02. The molecular weight excluding hydrogens is 257 g/mol. The number of ether oxygens (including phenoxy) is 1. The Morgan fingerprint density at radius 1 is 1.26 bits per heavy atom. The van der Waals surface area contributed by atoms with Crippen LogP contribution in [0.2, 0.25) is 0 Å². The van der Waals surface area contributed by atoms with Crippen molar-refractivity contribution in [1.82, 2.24) is 0 Å². The van der Waals surface area contributed by atoms with Crippen LogP contribution in [0.5, 0.6) is 0 Å². The average Bonchev–Trinajstić information content (AvgIpc) is 2.37. The van der Waals surface area contributed by atoms with Crippen LogP contribution in [0.1, 0.15) is 30.1 Å². The highest BCUT2D eigenvalue weighted by Gasteiger charge is 2.27. The fourth-order valence-electron chi connectivity index (χ4n) is 1.70. The van der Waals surface area contributed by atoms with Crippen molar-refractivity contribution in [2.45, 2.75) is 25.9 Å². The van der Waals surface area contributed by atoms with Gasteiger partial charge >= 0.3 is 6.18 Å². The van der Waals surface area contributed by atoms with E-state index in [1.807, 2.05) is 6.07 Å². The van der Waals surface area contributed by atoms with E-state index in [-0.39, 0.29) is 18.3 Å². The summed E-state index contributed by atoms with van der Waals surface area (Å²) in [6.07, 6.45) is -3.33. The number of ketones is 1. The van der Waals surface area contributed by atoms with Gasteiger partial charge in [0, 0.05) is 18.1 Å². The molecule has 1 aromatic carbocycles. The Morgan fingerprint density at radius 3 is 2.47 bits per heavy atom. The molecule has 0 N–H and O–H groups in total. The number of hydrogen-bond donors (Lipinski definition) is 0. The number of halogens is 3. The molecule has 1 aromatic rings. The summed E-state index contributed by atoms with van der Waals surface area (Å²) in [4.78, 5) is 11.9. The molecule has 1 unspecified atom stereocenters. The minimum Gasteiger partial charge on any atom is -0.372 e. The molecule has 5 heteroatoms. The second kappa shape index (κ2) is 7.28. The van der Waals surface area contributed by atoms with Crippen molar-refractivity contribution in [2.75, 3.05) is 13.2 Å². The van der Waals surface area contributed by atoms with Crippen molar-refractivity contribution in [1.29, 1.82) is 0 Å². The summed E-state index contributed by atoms with van der Waals surface area (Å²) >= 11 is 0. The molecule has 0 fully saturated rings. The van der Waals surface area contributed by atoms with E-state index in [1.54, 1.807) is 31.2 Å². The van der Waals surface area contributed by atoms with E-state index in [4.69, 9.17) is 0 Å². The Balaban J connectivity index is 2.25. The van der Waals surface area contributed by atoms with Crippen LogP contribution < -0.4 is 0 Å². The van der Waals surface area contributed by atoms with Gasteiger partial charge in [0.25, 0.3) is 0 Å². The minimum absolute atomic E-state index is 0.0106. The molecule has 1 atom stereocenters. The number of Topliss-reactive ketones (excluding diaryl/α,β-unsaturated/α-hetero) is 1. The Bertz CT molecular complexity index is 387. The fraction of sp³-hybridized carbons (Fsp3) is 0.500. The number of alkyl halides is 3. The lowest BCUT2D eigenvalue weighted by atomic mass is 9.95. The predicted octanol–water partition coefficient (Wildman–Crippen LogP) is 3.86. The number of rotatable bonds is 7. The van der Waals surface area contributed by atoms with Crippen LogP contribution in [0.3, 0.4) is 0 Å². The highest BCUT2D eigenvalue weighted by atomic mass is 19.4. The maximum Gasteiger partial charge on any atom is 0.411 e. The largest absolute Gasteiger partial charge is 0.411 e. The van der Waals surface area contributed by atoms with Crippen LogP contribution in [0.25, 0.3) is 0 Å². The number of hydrogen-bond acceptors (Lipinski definition) is 2. The van der Waals surface area contributed by atoms with E-state index < -0.39 is 12.8 Å². The summed E-state index contributed by atoms with van der Waals surface area (Å²) in [7, 11) is 0. The second-order valence-corrected chi connectivity index (χ2v) is 4.44. The molecule has 0 radical (unpaired) electrons. The molecule has 0 saturated heterocycles. The molecule has 106 valence electrons. The van der Waals surface area contributed by atoms with Crippen LogP contribution in [-0.2, 0) is 4.74 Å². The normalized spacial score (nSPS) is 13.3. The molecule has 1 rings (SSSR count). The zero-order valence-electron chi connectivity index (χ0n) is 10.7. The minimum atomic E-state index is -4.29. The SMILES string of the molecule is CC(CCCOCC(F)(F)F)C(=O)c1ccccc1. The van der Waals surface area contributed by atoms with Gasteiger partial charge in [-0.05, 0) is 12.8 Å². The van der Waals surface area contributed by atoms with Gasteiger partial charge in [0.2, 0.25) is 0 Å². The maximum atomic E-state index is 11.9. The number of benzene rings is 1. The predicted molar refractivity (Wildman–Crippen MR) is 66.0 cm³/mol. The summed E-state index contributed by atoms with van der Waals surface area (Å²) in [5.41, 5.74) is 0.631. The molecule has 0 aromatic heterocycles. The van der Waals surface area contributed by atoms with Crippen molar-refractivity contribution in [3.8, 4) is 0 Å². The van der Waals surface area contributed by atoms with Crippen LogP contribution in [-0.4, -0.2) is 25.2 Å². The van der Waals surface area contributed by atoms with Gasteiger partial charge in [-0.2, -0.15) is 13.2 Å². The summed E-state index contributed by atoms with van der Waals surface area (Å²) in [6, 6.07) is 8.86. The molecule has 0 bridgehead atoms. The van der Waals surface area contributed by atoms with E-state index in [2.05, 4.69) is 4.74 Å². The smallest absolute Gasteiger partial charge is 0.372 e. The Labute approximate surface area is 110 Å². The van der Waals surface area contributed by atoms with Crippen LogP contribution in [0.15, 0.2) is 30.3 Å². The lowest BCUT2D eigenvalue weighted by molar-refractivity contribution is -0.174. The summed E-state index contributed by atoms with van der Waals surface area (Å²) in [5, 5.41) is 0. The second-order valence-electron chi connectivity index (χ2n) is 4.44. The van der Waals surface area contributed by atoms with Crippen molar-refractivity contribution in [3.63, 3.8) is 0 Å². The van der Waals surface area contributed by atoms with E-state index in [9.17, 15) is 18.0 Å². The van der Waals surface area contributed by atoms with Gasteiger partial charge in [-0.3, -0.25) is 4.79 Å². The monoisotopic (exact) mass is 274 g/mol. The molecule has 0 heterocycles. The highest BCUT2D eigenvalue weighted by molar-refractivity contribution is 5.97. The molecular formula is C14H17F3O2. The van der Waals surface area contributed by atoms with Crippen LogP contribution in [0, 0.1) is 5.92 Å². The number of carbonyl (C=O) groups is 1. The lowest BCUT2D eigenvalue weighted by Crippen LogP contribution is -2.18. The molecule has 0 spiro atoms. The zero-order chi connectivity index (χ0) is 14.3. The lowest BCUT2D eigenvalue weighted by Gasteiger charge is -2.11. The van der Waals surface area contributed by atoms with E-state index in [0.717, 1.165) is 0 Å². The Morgan fingerprint density at radius 2 is 1.89 bits per heavy atom. The van der Waals surface area contributed by atoms with Gasteiger partial charge in [0.05, 0.1) is 0 Å². The van der Waals surface area contributed by atoms with Gasteiger partial charge < -0.3 is 4.74 Å². The summed E-state index contributed by atoms with van der Waals surface area (Å²) in [6.45, 7) is 0.568. The van der Waals surface area contributed by atoms with Gasteiger partial charge in [-0.25, -0.2) is 0 Å². The third-order valence-corrected chi connectivity index (χ3v) is 2.70. The molecule has 0 aliphatic carbocycles. The molecule has 0 aliphatic heterocycles. The highest BCUT2D eigenvalue weighted by Crippen LogP contribution is 2.16. The third-order valence-electron chi connectivity index (χ3n) is 2.70. The Hall–Kier alpha value is -1.36. The van der Waals surface area contributed by atoms with Crippen molar-refractivity contribution in [2.24, 2.45) is 5.92 Å². The van der Waals surface area contributed by atoms with Crippen LogP contribution in [0.4, 0.5) is 13.2 Å². The first-order valence-electron chi connectivity index (χ1n) is 6.14. The first kappa shape index (κ1) is 15.7. The number of carbonyl (C=O) groups excluding carboxylic acids is 1. The van der Waals surface area contributed by atoms with Gasteiger partial charge in [0.15, 0.2) is 5.78 Å². The first-order chi connectivity index (χ1) is 8.90. The third kappa shape index (κ3) is 6.38. The van der Waals surface area contributed by atoms with Gasteiger partial charge in [0.1, 0.15) is 6.61 Å². The molecule has 0 saturated carbocycles. The van der Waals surface area contributed by atoms with Crippen molar-refractivity contribution < 1.29 is 22.7 Å². The van der Waals surface area contributed by atoms with Crippen LogP contribution >= 0.6 is 0 Å². The van der Waals surface area contributed by atoms with Crippen molar-refractivity contribution in [3.05, 3.63) is 35.9 Å². The topological polar surface area (TPSA) is 26.3 Å². The fourth-order valence-corrected chi connectivity index (χ4v) is 1.70. The summed E-state index contributed by atoms with van der Waals surface area (Å²) in [5.74, 6) is -0.201. The standard InChI is InChI=1S/C14H17F3O2/c1-11(6-5-9-19-10-14(15,16)17)13(18)12-7-3-2-4-8-12/h2-4,7-8,11H,5-6,9-10H2,1H3. The molecule has 2 nitrogen and oxygen atoms in total. The maximum absolute atomic E-state index is 11.9. The molecule has 19 heavy (non-hydrogen) atoms. The van der Waals surface area contributed by atoms with E-state index >= 15 is 0 Å². The van der Waals surface area contributed by atoms with Crippen molar-refractivity contribution >= 4 is 5.78 Å². The molecule has 0 aliphatic rings. The quantitative estimate of drug-likeness (QED) is 0.557. The molecule has 0 amide bonds. The van der Waals surface area contributed by atoms with Gasteiger partial charge in [-0.15, -0.1) is 0 Å². The van der Waals surface area contributed by atoms with E-state index in [0.29, 0.717) is 18.4 Å². The zero-order valence-corrected chi connectivity index (χ0v) is 10.7. The van der Waals surface area contributed by atoms with E-state index in [1.165, 1.54) is 0 Å².